The van der Waals surface area contributed by atoms with E-state index in [2.05, 4.69) is 15.1 Å². The maximum atomic E-state index is 12.7. The van der Waals surface area contributed by atoms with Gasteiger partial charge in [0, 0.05) is 38.0 Å². The maximum Gasteiger partial charge on any atom is 0.246 e. The lowest BCUT2D eigenvalue weighted by atomic mass is 9.99. The lowest BCUT2D eigenvalue weighted by Gasteiger charge is -2.30. The summed E-state index contributed by atoms with van der Waals surface area (Å²) in [5, 5.41) is 3.96. The summed E-state index contributed by atoms with van der Waals surface area (Å²) < 4.78 is 34.3. The van der Waals surface area contributed by atoms with Gasteiger partial charge in [-0.2, -0.15) is 9.40 Å². The molecule has 1 saturated heterocycles. The fourth-order valence-electron chi connectivity index (χ4n) is 3.39. The molecule has 1 aromatic carbocycles. The fraction of sp³-hybridized carbons (Fsp3) is 0.350. The van der Waals surface area contributed by atoms with Gasteiger partial charge in [0.2, 0.25) is 15.9 Å². The number of sulfonamides is 1. The molecule has 0 unspecified atom stereocenters. The van der Waals surface area contributed by atoms with E-state index in [0.717, 1.165) is 24.1 Å². The van der Waals surface area contributed by atoms with Crippen molar-refractivity contribution < 1.29 is 13.2 Å². The Bertz CT molecular complexity index is 1060. The zero-order valence-electron chi connectivity index (χ0n) is 16.2. The Morgan fingerprint density at radius 1 is 1.14 bits per heavy atom. The number of aryl methyl sites for hydroxylation is 1. The average molecular weight is 414 g/mol. The van der Waals surface area contributed by atoms with Gasteiger partial charge in [0.15, 0.2) is 0 Å². The Balaban J connectivity index is 1.33. The van der Waals surface area contributed by atoms with Crippen LogP contribution < -0.4 is 4.74 Å². The summed E-state index contributed by atoms with van der Waals surface area (Å²) in [5.74, 6) is 0.815. The number of piperidine rings is 1. The van der Waals surface area contributed by atoms with Gasteiger partial charge in [0.1, 0.15) is 11.2 Å². The van der Waals surface area contributed by atoms with Crippen molar-refractivity contribution in [2.45, 2.75) is 17.7 Å². The first-order valence-electron chi connectivity index (χ1n) is 9.51. The minimum Gasteiger partial charge on any atom is -0.477 e. The van der Waals surface area contributed by atoms with Crippen LogP contribution in [0.1, 0.15) is 12.8 Å². The van der Waals surface area contributed by atoms with Crippen LogP contribution in [0, 0.1) is 5.92 Å². The highest BCUT2D eigenvalue weighted by molar-refractivity contribution is 7.89. The largest absolute Gasteiger partial charge is 0.477 e. The van der Waals surface area contributed by atoms with E-state index in [1.807, 2.05) is 36.4 Å². The molecule has 0 saturated carbocycles. The van der Waals surface area contributed by atoms with Crippen molar-refractivity contribution >= 4 is 10.0 Å². The van der Waals surface area contributed by atoms with E-state index in [1.165, 1.54) is 27.7 Å². The predicted octanol–water partition coefficient (Wildman–Crippen LogP) is 2.36. The molecule has 1 fully saturated rings. The van der Waals surface area contributed by atoms with Gasteiger partial charge in [0.05, 0.1) is 18.5 Å². The molecular formula is C20H23N5O3S. The summed E-state index contributed by atoms with van der Waals surface area (Å²) in [4.78, 5) is 8.74. The van der Waals surface area contributed by atoms with Crippen LogP contribution in [0.4, 0.5) is 0 Å². The SMILES string of the molecule is Cn1cc(S(=O)(=O)N2CCC(COc3cc(-c4ccccc4)ncn3)CC2)cn1. The Labute approximate surface area is 170 Å². The molecule has 1 aliphatic rings. The summed E-state index contributed by atoms with van der Waals surface area (Å²) in [6.45, 7) is 1.46. The maximum absolute atomic E-state index is 12.7. The Kier molecular flexibility index (Phi) is 5.59. The Morgan fingerprint density at radius 2 is 1.90 bits per heavy atom. The number of benzene rings is 1. The third-order valence-corrected chi connectivity index (χ3v) is 6.92. The second-order valence-corrected chi connectivity index (χ2v) is 9.05. The fourth-order valence-corrected chi connectivity index (χ4v) is 4.84. The number of ether oxygens (including phenoxy) is 1. The third kappa shape index (κ3) is 4.46. The summed E-state index contributed by atoms with van der Waals surface area (Å²) in [6, 6.07) is 11.7. The zero-order valence-corrected chi connectivity index (χ0v) is 17.0. The molecule has 29 heavy (non-hydrogen) atoms. The highest BCUT2D eigenvalue weighted by Gasteiger charge is 2.30. The van der Waals surface area contributed by atoms with Crippen molar-refractivity contribution in [1.29, 1.82) is 0 Å². The molecule has 152 valence electrons. The molecule has 0 amide bonds. The number of hydrogen-bond acceptors (Lipinski definition) is 6. The van der Waals surface area contributed by atoms with Crippen LogP contribution >= 0.6 is 0 Å². The van der Waals surface area contributed by atoms with Crippen LogP contribution in [0.15, 0.2) is 60.0 Å². The lowest BCUT2D eigenvalue weighted by Crippen LogP contribution is -2.39. The highest BCUT2D eigenvalue weighted by Crippen LogP contribution is 2.25. The predicted molar refractivity (Wildman–Crippen MR) is 108 cm³/mol. The van der Waals surface area contributed by atoms with Crippen LogP contribution in [0.25, 0.3) is 11.3 Å². The minimum atomic E-state index is -3.48. The quantitative estimate of drug-likeness (QED) is 0.616. The molecule has 0 bridgehead atoms. The molecular weight excluding hydrogens is 390 g/mol. The van der Waals surface area contributed by atoms with Crippen LogP contribution in [0.3, 0.4) is 0 Å². The van der Waals surface area contributed by atoms with Gasteiger partial charge < -0.3 is 4.74 Å². The highest BCUT2D eigenvalue weighted by atomic mass is 32.2. The second-order valence-electron chi connectivity index (χ2n) is 7.12. The van der Waals surface area contributed by atoms with E-state index in [-0.39, 0.29) is 10.8 Å². The zero-order chi connectivity index (χ0) is 20.3. The van der Waals surface area contributed by atoms with Crippen molar-refractivity contribution in [2.75, 3.05) is 19.7 Å². The van der Waals surface area contributed by atoms with Gasteiger partial charge in [-0.15, -0.1) is 0 Å². The van der Waals surface area contributed by atoms with Crippen molar-refractivity contribution in [3.63, 3.8) is 0 Å². The van der Waals surface area contributed by atoms with E-state index in [0.29, 0.717) is 25.6 Å². The molecule has 0 atom stereocenters. The summed E-state index contributed by atoms with van der Waals surface area (Å²) in [7, 11) is -1.77. The monoisotopic (exact) mass is 413 g/mol. The molecule has 9 heteroatoms. The molecule has 3 aromatic rings. The van der Waals surface area contributed by atoms with Crippen molar-refractivity contribution in [1.82, 2.24) is 24.1 Å². The molecule has 8 nitrogen and oxygen atoms in total. The first kappa shape index (κ1) is 19.5. The number of rotatable bonds is 6. The molecule has 3 heterocycles. The van der Waals surface area contributed by atoms with Crippen molar-refractivity contribution in [2.24, 2.45) is 13.0 Å². The number of aromatic nitrogens is 4. The second kappa shape index (κ2) is 8.30. The van der Waals surface area contributed by atoms with Gasteiger partial charge in [-0.05, 0) is 18.8 Å². The van der Waals surface area contributed by atoms with E-state index < -0.39 is 10.0 Å². The van der Waals surface area contributed by atoms with Gasteiger partial charge in [-0.3, -0.25) is 4.68 Å². The van der Waals surface area contributed by atoms with Crippen LogP contribution in [0.5, 0.6) is 5.88 Å². The van der Waals surface area contributed by atoms with Gasteiger partial charge in [0.25, 0.3) is 0 Å². The molecule has 0 radical (unpaired) electrons. The lowest BCUT2D eigenvalue weighted by molar-refractivity contribution is 0.181. The molecule has 0 aliphatic carbocycles. The standard InChI is InChI=1S/C20H23N5O3S/c1-24-13-18(12-23-24)29(26,27)25-9-7-16(8-10-25)14-28-20-11-19(21-15-22-20)17-5-3-2-4-6-17/h2-6,11-13,15-16H,7-10,14H2,1H3. The Morgan fingerprint density at radius 3 is 2.59 bits per heavy atom. The third-order valence-electron chi connectivity index (χ3n) is 5.07. The summed E-state index contributed by atoms with van der Waals surface area (Å²) in [6.07, 6.45) is 5.92. The smallest absolute Gasteiger partial charge is 0.246 e. The van der Waals surface area contributed by atoms with Crippen LogP contribution in [-0.4, -0.2) is 52.2 Å². The van der Waals surface area contributed by atoms with Gasteiger partial charge >= 0.3 is 0 Å². The minimum absolute atomic E-state index is 0.240. The van der Waals surface area contributed by atoms with E-state index >= 15 is 0 Å². The molecule has 2 aromatic heterocycles. The van der Waals surface area contributed by atoms with E-state index in [1.54, 1.807) is 7.05 Å². The van der Waals surface area contributed by atoms with Crippen LogP contribution in [-0.2, 0) is 17.1 Å². The van der Waals surface area contributed by atoms with Crippen LogP contribution in [0.2, 0.25) is 0 Å². The normalized spacial score (nSPS) is 16.0. The molecule has 1 aliphatic heterocycles. The first-order valence-corrected chi connectivity index (χ1v) is 11.0. The van der Waals surface area contributed by atoms with E-state index in [4.69, 9.17) is 4.74 Å². The first-order chi connectivity index (χ1) is 14.0. The molecule has 0 N–H and O–H groups in total. The number of hydrogen-bond donors (Lipinski definition) is 0. The molecule has 0 spiro atoms. The van der Waals surface area contributed by atoms with Gasteiger partial charge in [-0.25, -0.2) is 18.4 Å². The van der Waals surface area contributed by atoms with Gasteiger partial charge in [-0.1, -0.05) is 30.3 Å². The Hall–Kier alpha value is -2.78. The number of nitrogens with zero attached hydrogens (tertiary/aromatic N) is 5. The summed E-state index contributed by atoms with van der Waals surface area (Å²) >= 11 is 0. The average Bonchev–Trinajstić information content (AvgIpc) is 3.21. The molecule has 4 rings (SSSR count). The van der Waals surface area contributed by atoms with Crippen molar-refractivity contribution in [3.8, 4) is 17.1 Å². The van der Waals surface area contributed by atoms with E-state index in [9.17, 15) is 8.42 Å². The summed E-state index contributed by atoms with van der Waals surface area (Å²) in [5.41, 5.74) is 1.82. The topological polar surface area (TPSA) is 90.2 Å². The van der Waals surface area contributed by atoms with Crippen molar-refractivity contribution in [3.05, 3.63) is 55.1 Å².